The Hall–Kier alpha value is -2.17. The molecule has 0 amide bonds. The Labute approximate surface area is 135 Å². The number of hydrogen-bond donors (Lipinski definition) is 0. The molecule has 1 aliphatic rings. The van der Waals surface area contributed by atoms with Crippen molar-refractivity contribution in [2.24, 2.45) is 5.92 Å². The third-order valence-electron chi connectivity index (χ3n) is 3.77. The molecule has 2 rings (SSSR count). The van der Waals surface area contributed by atoms with Gasteiger partial charge in [0.15, 0.2) is 0 Å². The standard InChI is InChI=1S/C13H13F3N2O5S/c1-8-7-17(5-4-12(8)19)10-3-2-9(6-11(10)18(20)21)24(22,23)13(14,15)16/h2-3,6,8H,4-5,7H2,1H3. The summed E-state index contributed by atoms with van der Waals surface area (Å²) < 4.78 is 60.6. The van der Waals surface area contributed by atoms with Gasteiger partial charge in [-0.2, -0.15) is 13.2 Å². The molecule has 1 aliphatic heterocycles. The first-order valence-corrected chi connectivity index (χ1v) is 8.31. The number of nitrogens with zero attached hydrogens (tertiary/aromatic N) is 2. The van der Waals surface area contributed by atoms with Crippen molar-refractivity contribution in [2.45, 2.75) is 23.7 Å². The van der Waals surface area contributed by atoms with Crippen LogP contribution in [-0.4, -0.2) is 37.7 Å². The highest BCUT2D eigenvalue weighted by atomic mass is 32.2. The van der Waals surface area contributed by atoms with Crippen LogP contribution in [0.25, 0.3) is 0 Å². The Bertz CT molecular complexity index is 791. The quantitative estimate of drug-likeness (QED) is 0.601. The van der Waals surface area contributed by atoms with Crippen LogP contribution in [0, 0.1) is 16.0 Å². The lowest BCUT2D eigenvalue weighted by atomic mass is 9.98. The highest BCUT2D eigenvalue weighted by Crippen LogP contribution is 2.37. The Kier molecular flexibility index (Phi) is 4.57. The largest absolute Gasteiger partial charge is 0.501 e. The molecule has 24 heavy (non-hydrogen) atoms. The predicted octanol–water partition coefficient (Wildman–Crippen LogP) is 2.30. The van der Waals surface area contributed by atoms with E-state index in [-0.39, 0.29) is 36.9 Å². The molecule has 0 aliphatic carbocycles. The highest BCUT2D eigenvalue weighted by Gasteiger charge is 2.47. The molecule has 0 radical (unpaired) electrons. The molecule has 0 spiro atoms. The fourth-order valence-electron chi connectivity index (χ4n) is 2.45. The number of alkyl halides is 3. The second kappa shape index (κ2) is 6.04. The number of nitro benzene ring substituents is 1. The summed E-state index contributed by atoms with van der Waals surface area (Å²) in [4.78, 5) is 22.1. The smallest absolute Gasteiger partial charge is 0.365 e. The topological polar surface area (TPSA) is 97.6 Å². The molecule has 1 atom stereocenters. The molecule has 7 nitrogen and oxygen atoms in total. The Morgan fingerprint density at radius 3 is 2.46 bits per heavy atom. The zero-order valence-electron chi connectivity index (χ0n) is 12.4. The second-order valence-electron chi connectivity index (χ2n) is 5.42. The average molecular weight is 366 g/mol. The van der Waals surface area contributed by atoms with E-state index in [1.165, 1.54) is 4.90 Å². The van der Waals surface area contributed by atoms with Crippen molar-refractivity contribution < 1.29 is 31.3 Å². The molecule has 1 aromatic carbocycles. The van der Waals surface area contributed by atoms with Gasteiger partial charge in [-0.15, -0.1) is 0 Å². The molecule has 1 heterocycles. The Morgan fingerprint density at radius 1 is 1.33 bits per heavy atom. The number of carbonyl (C=O) groups is 1. The second-order valence-corrected chi connectivity index (χ2v) is 7.36. The zero-order chi connectivity index (χ0) is 18.3. The maximum absolute atomic E-state index is 12.6. The van der Waals surface area contributed by atoms with Crippen LogP contribution >= 0.6 is 0 Å². The molecular weight excluding hydrogens is 353 g/mol. The van der Waals surface area contributed by atoms with Crippen molar-refractivity contribution in [1.82, 2.24) is 0 Å². The van der Waals surface area contributed by atoms with Crippen molar-refractivity contribution in [3.63, 3.8) is 0 Å². The monoisotopic (exact) mass is 366 g/mol. The minimum absolute atomic E-state index is 0.00910. The van der Waals surface area contributed by atoms with Crippen molar-refractivity contribution in [3.8, 4) is 0 Å². The minimum Gasteiger partial charge on any atom is -0.365 e. The number of anilines is 1. The number of piperidine rings is 1. The summed E-state index contributed by atoms with van der Waals surface area (Å²) in [6.07, 6.45) is 0.154. The van der Waals surface area contributed by atoms with Crippen LogP contribution in [0.5, 0.6) is 0 Å². The SMILES string of the molecule is CC1CN(c2ccc(S(=O)(=O)C(F)(F)F)cc2[N+](=O)[O-])CCC1=O. The number of Topliss-reactive ketones (excluding diaryl/α,β-unsaturated/α-hetero) is 1. The van der Waals surface area contributed by atoms with Crippen LogP contribution < -0.4 is 4.90 Å². The summed E-state index contributed by atoms with van der Waals surface area (Å²) in [6, 6.07) is 2.06. The van der Waals surface area contributed by atoms with Gasteiger partial charge in [0.2, 0.25) is 0 Å². The van der Waals surface area contributed by atoms with Crippen LogP contribution in [0.4, 0.5) is 24.5 Å². The average Bonchev–Trinajstić information content (AvgIpc) is 2.48. The van der Waals surface area contributed by atoms with Crippen LogP contribution in [0.3, 0.4) is 0 Å². The van der Waals surface area contributed by atoms with Crippen molar-refractivity contribution >= 4 is 27.0 Å². The van der Waals surface area contributed by atoms with E-state index >= 15 is 0 Å². The minimum atomic E-state index is -5.68. The third kappa shape index (κ3) is 3.21. The first-order chi connectivity index (χ1) is 10.9. The van der Waals surface area contributed by atoms with Gasteiger partial charge in [0.05, 0.1) is 9.82 Å². The molecule has 1 aromatic rings. The number of benzene rings is 1. The Morgan fingerprint density at radius 2 is 1.96 bits per heavy atom. The summed E-state index contributed by atoms with van der Waals surface area (Å²) >= 11 is 0. The Balaban J connectivity index is 2.49. The van der Waals surface area contributed by atoms with Gasteiger partial charge in [-0.3, -0.25) is 14.9 Å². The molecule has 1 unspecified atom stereocenters. The summed E-state index contributed by atoms with van der Waals surface area (Å²) in [5.41, 5.74) is -6.31. The number of hydrogen-bond acceptors (Lipinski definition) is 6. The van der Waals surface area contributed by atoms with Crippen molar-refractivity contribution in [1.29, 1.82) is 0 Å². The lowest BCUT2D eigenvalue weighted by Crippen LogP contribution is -2.39. The summed E-state index contributed by atoms with van der Waals surface area (Å²) in [5.74, 6) is -0.387. The first kappa shape index (κ1) is 18.2. The fraction of sp³-hybridized carbons (Fsp3) is 0.462. The first-order valence-electron chi connectivity index (χ1n) is 6.82. The molecule has 0 saturated carbocycles. The number of carbonyl (C=O) groups excluding carboxylic acids is 1. The van der Waals surface area contributed by atoms with E-state index in [9.17, 15) is 36.5 Å². The summed E-state index contributed by atoms with van der Waals surface area (Å²) in [7, 11) is -5.68. The number of nitro groups is 1. The lowest BCUT2D eigenvalue weighted by Gasteiger charge is -2.31. The van der Waals surface area contributed by atoms with Gasteiger partial charge in [0, 0.05) is 31.5 Å². The van der Waals surface area contributed by atoms with Crippen molar-refractivity contribution in [3.05, 3.63) is 28.3 Å². The van der Waals surface area contributed by atoms with Gasteiger partial charge in [0.1, 0.15) is 11.5 Å². The van der Waals surface area contributed by atoms with E-state index in [1.54, 1.807) is 6.92 Å². The van der Waals surface area contributed by atoms with Gasteiger partial charge < -0.3 is 4.90 Å². The predicted molar refractivity (Wildman–Crippen MR) is 77.3 cm³/mol. The van der Waals surface area contributed by atoms with E-state index in [0.717, 1.165) is 6.07 Å². The zero-order valence-corrected chi connectivity index (χ0v) is 13.2. The van der Waals surface area contributed by atoms with Crippen LogP contribution in [0.1, 0.15) is 13.3 Å². The lowest BCUT2D eigenvalue weighted by molar-refractivity contribution is -0.384. The van der Waals surface area contributed by atoms with Gasteiger partial charge in [-0.05, 0) is 12.1 Å². The number of rotatable bonds is 3. The van der Waals surface area contributed by atoms with E-state index in [2.05, 4.69) is 0 Å². The molecule has 0 N–H and O–H groups in total. The molecule has 11 heteroatoms. The normalized spacial score (nSPS) is 19.4. The van der Waals surface area contributed by atoms with E-state index in [0.29, 0.717) is 12.1 Å². The molecular formula is C13H13F3N2O5S. The molecule has 1 fully saturated rings. The number of sulfone groups is 1. The van der Waals surface area contributed by atoms with E-state index < -0.39 is 30.9 Å². The number of halogens is 3. The van der Waals surface area contributed by atoms with Crippen molar-refractivity contribution in [2.75, 3.05) is 18.0 Å². The van der Waals surface area contributed by atoms with E-state index in [4.69, 9.17) is 0 Å². The van der Waals surface area contributed by atoms with Gasteiger partial charge in [0.25, 0.3) is 15.5 Å². The number of ketones is 1. The van der Waals surface area contributed by atoms with Gasteiger partial charge in [-0.1, -0.05) is 6.92 Å². The van der Waals surface area contributed by atoms with Crippen LogP contribution in [0.2, 0.25) is 0 Å². The molecule has 0 bridgehead atoms. The third-order valence-corrected chi connectivity index (χ3v) is 5.26. The van der Waals surface area contributed by atoms with Crippen LogP contribution in [0.15, 0.2) is 23.1 Å². The molecule has 132 valence electrons. The molecule has 0 aromatic heterocycles. The highest BCUT2D eigenvalue weighted by molar-refractivity contribution is 7.92. The van der Waals surface area contributed by atoms with Gasteiger partial charge in [-0.25, -0.2) is 8.42 Å². The summed E-state index contributed by atoms with van der Waals surface area (Å²) in [5, 5.41) is 11.2. The summed E-state index contributed by atoms with van der Waals surface area (Å²) in [6.45, 7) is 1.99. The van der Waals surface area contributed by atoms with Gasteiger partial charge >= 0.3 is 5.51 Å². The molecule has 1 saturated heterocycles. The fourth-order valence-corrected chi connectivity index (χ4v) is 3.23. The van der Waals surface area contributed by atoms with E-state index in [1.807, 2.05) is 0 Å². The van der Waals surface area contributed by atoms with Crippen LogP contribution in [-0.2, 0) is 14.6 Å². The maximum Gasteiger partial charge on any atom is 0.501 e. The maximum atomic E-state index is 12.6.